The zero-order chi connectivity index (χ0) is 11.5. The predicted octanol–water partition coefficient (Wildman–Crippen LogP) is 2.48. The zero-order valence-corrected chi connectivity index (χ0v) is 9.94. The van der Waals surface area contributed by atoms with E-state index >= 15 is 0 Å². The third kappa shape index (κ3) is 4.64. The van der Waals surface area contributed by atoms with E-state index in [2.05, 4.69) is 0 Å². The van der Waals surface area contributed by atoms with Gasteiger partial charge in [0.25, 0.3) is 0 Å². The first-order chi connectivity index (χ1) is 6.88. The molecule has 0 bridgehead atoms. The quantitative estimate of drug-likeness (QED) is 0.622. The van der Waals surface area contributed by atoms with E-state index in [1.807, 2.05) is 0 Å². The highest BCUT2D eigenvalue weighted by Gasteiger charge is 2.11. The number of carbonyl (C=O) groups excluding carboxylic acids is 1. The standard InChI is InChI=1S/C9H8Cl2O3S/c10-8-3-1-7(2-4-8)9(12)5-6-15(11,13)14/h1-4H,5-6H2. The Morgan fingerprint density at radius 1 is 1.20 bits per heavy atom. The van der Waals surface area contributed by atoms with Crippen LogP contribution in [0.25, 0.3) is 0 Å². The van der Waals surface area contributed by atoms with Crippen molar-refractivity contribution in [3.05, 3.63) is 34.9 Å². The highest BCUT2D eigenvalue weighted by Crippen LogP contribution is 2.12. The van der Waals surface area contributed by atoms with Gasteiger partial charge in [-0.2, -0.15) is 0 Å². The van der Waals surface area contributed by atoms with Crippen LogP contribution in [-0.2, 0) is 9.05 Å². The third-order valence-corrected chi connectivity index (χ3v) is 3.15. The van der Waals surface area contributed by atoms with E-state index in [1.54, 1.807) is 24.3 Å². The number of halogens is 2. The molecule has 0 N–H and O–H groups in total. The Hall–Kier alpha value is -0.580. The molecule has 0 aromatic heterocycles. The number of carbonyl (C=O) groups is 1. The number of hydrogen-bond acceptors (Lipinski definition) is 3. The minimum Gasteiger partial charge on any atom is -0.294 e. The molecule has 0 amide bonds. The van der Waals surface area contributed by atoms with Crippen molar-refractivity contribution in [2.45, 2.75) is 6.42 Å². The lowest BCUT2D eigenvalue weighted by Crippen LogP contribution is -2.06. The van der Waals surface area contributed by atoms with Gasteiger partial charge in [-0.15, -0.1) is 0 Å². The van der Waals surface area contributed by atoms with Crippen LogP contribution in [0.2, 0.25) is 5.02 Å². The van der Waals surface area contributed by atoms with E-state index in [4.69, 9.17) is 22.3 Å². The molecule has 0 aliphatic carbocycles. The molecule has 0 saturated carbocycles. The van der Waals surface area contributed by atoms with Crippen LogP contribution in [0.3, 0.4) is 0 Å². The molecule has 0 saturated heterocycles. The summed E-state index contributed by atoms with van der Waals surface area (Å²) in [7, 11) is 1.38. The van der Waals surface area contributed by atoms with Crippen LogP contribution in [0.5, 0.6) is 0 Å². The van der Waals surface area contributed by atoms with Crippen molar-refractivity contribution in [2.75, 3.05) is 5.75 Å². The van der Waals surface area contributed by atoms with Gasteiger partial charge in [0.05, 0.1) is 5.75 Å². The SMILES string of the molecule is O=C(CCS(=O)(=O)Cl)c1ccc(Cl)cc1. The molecule has 0 aliphatic rings. The molecule has 0 fully saturated rings. The van der Waals surface area contributed by atoms with Gasteiger partial charge < -0.3 is 0 Å². The molecule has 0 aliphatic heterocycles. The summed E-state index contributed by atoms with van der Waals surface area (Å²) >= 11 is 5.64. The summed E-state index contributed by atoms with van der Waals surface area (Å²) in [6, 6.07) is 6.24. The fraction of sp³-hybridized carbons (Fsp3) is 0.222. The minimum atomic E-state index is -3.61. The lowest BCUT2D eigenvalue weighted by atomic mass is 10.1. The van der Waals surface area contributed by atoms with E-state index in [1.165, 1.54) is 0 Å². The zero-order valence-electron chi connectivity index (χ0n) is 7.61. The smallest absolute Gasteiger partial charge is 0.233 e. The third-order valence-electron chi connectivity index (χ3n) is 1.74. The van der Waals surface area contributed by atoms with Gasteiger partial charge in [0, 0.05) is 27.7 Å². The molecule has 1 aromatic carbocycles. The molecular weight excluding hydrogens is 259 g/mol. The van der Waals surface area contributed by atoms with E-state index in [-0.39, 0.29) is 18.0 Å². The van der Waals surface area contributed by atoms with Crippen LogP contribution >= 0.6 is 22.3 Å². The van der Waals surface area contributed by atoms with Crippen LogP contribution in [0.1, 0.15) is 16.8 Å². The molecule has 0 atom stereocenters. The van der Waals surface area contributed by atoms with Gasteiger partial charge in [0.15, 0.2) is 5.78 Å². The van der Waals surface area contributed by atoms with Crippen molar-refractivity contribution in [1.82, 2.24) is 0 Å². The van der Waals surface area contributed by atoms with Crippen molar-refractivity contribution in [3.8, 4) is 0 Å². The van der Waals surface area contributed by atoms with Gasteiger partial charge in [-0.1, -0.05) is 11.6 Å². The van der Waals surface area contributed by atoms with Gasteiger partial charge in [-0.25, -0.2) is 8.42 Å². The van der Waals surface area contributed by atoms with Crippen LogP contribution in [0, 0.1) is 0 Å². The molecule has 6 heteroatoms. The maximum absolute atomic E-state index is 11.4. The molecule has 0 radical (unpaired) electrons. The summed E-state index contributed by atoms with van der Waals surface area (Å²) in [6.45, 7) is 0. The number of ketones is 1. The summed E-state index contributed by atoms with van der Waals surface area (Å²) < 4.78 is 21.2. The van der Waals surface area contributed by atoms with Crippen LogP contribution in [-0.4, -0.2) is 20.0 Å². The van der Waals surface area contributed by atoms with Crippen LogP contribution in [0.4, 0.5) is 0 Å². The highest BCUT2D eigenvalue weighted by atomic mass is 35.7. The summed E-state index contributed by atoms with van der Waals surface area (Å²) in [4.78, 5) is 11.4. The summed E-state index contributed by atoms with van der Waals surface area (Å²) in [6.07, 6.45) is -0.118. The number of benzene rings is 1. The molecular formula is C9H8Cl2O3S. The Morgan fingerprint density at radius 2 is 1.73 bits per heavy atom. The number of hydrogen-bond donors (Lipinski definition) is 0. The highest BCUT2D eigenvalue weighted by molar-refractivity contribution is 8.13. The Balaban J connectivity index is 2.66. The average molecular weight is 267 g/mol. The average Bonchev–Trinajstić information content (AvgIpc) is 2.14. The van der Waals surface area contributed by atoms with Crippen molar-refractivity contribution < 1.29 is 13.2 Å². The van der Waals surface area contributed by atoms with E-state index in [0.29, 0.717) is 10.6 Å². The topological polar surface area (TPSA) is 51.2 Å². The Morgan fingerprint density at radius 3 is 2.20 bits per heavy atom. The van der Waals surface area contributed by atoms with Crippen molar-refractivity contribution in [3.63, 3.8) is 0 Å². The minimum absolute atomic E-state index is 0.118. The maximum atomic E-state index is 11.4. The molecule has 0 heterocycles. The molecule has 0 unspecified atom stereocenters. The van der Waals surface area contributed by atoms with Crippen LogP contribution in [0.15, 0.2) is 24.3 Å². The summed E-state index contributed by atoms with van der Waals surface area (Å²) in [5, 5.41) is 0.525. The second-order valence-electron chi connectivity index (χ2n) is 2.92. The monoisotopic (exact) mass is 266 g/mol. The van der Waals surface area contributed by atoms with Gasteiger partial charge in [0.2, 0.25) is 9.05 Å². The van der Waals surface area contributed by atoms with Crippen molar-refractivity contribution in [2.24, 2.45) is 0 Å². The second-order valence-corrected chi connectivity index (χ2v) is 6.26. The van der Waals surface area contributed by atoms with Gasteiger partial charge in [-0.3, -0.25) is 4.79 Å². The predicted molar refractivity (Wildman–Crippen MR) is 60.0 cm³/mol. The largest absolute Gasteiger partial charge is 0.294 e. The molecule has 15 heavy (non-hydrogen) atoms. The summed E-state index contributed by atoms with van der Waals surface area (Å²) in [5.41, 5.74) is 0.430. The lowest BCUT2D eigenvalue weighted by Gasteiger charge is -1.99. The van der Waals surface area contributed by atoms with Crippen molar-refractivity contribution >= 4 is 37.1 Å². The van der Waals surface area contributed by atoms with Crippen LogP contribution < -0.4 is 0 Å². The fourth-order valence-corrected chi connectivity index (χ4v) is 1.78. The first kappa shape index (κ1) is 12.5. The number of rotatable bonds is 4. The summed E-state index contributed by atoms with van der Waals surface area (Å²) in [5.74, 6) is -0.619. The maximum Gasteiger partial charge on any atom is 0.233 e. The van der Waals surface area contributed by atoms with E-state index in [0.717, 1.165) is 0 Å². The lowest BCUT2D eigenvalue weighted by molar-refractivity contribution is 0.0989. The molecule has 0 spiro atoms. The Kier molecular flexibility index (Phi) is 4.13. The Labute approximate surface area is 97.4 Å². The van der Waals surface area contributed by atoms with E-state index in [9.17, 15) is 13.2 Å². The normalized spacial score (nSPS) is 11.3. The van der Waals surface area contributed by atoms with Crippen molar-refractivity contribution in [1.29, 1.82) is 0 Å². The van der Waals surface area contributed by atoms with Gasteiger partial charge >= 0.3 is 0 Å². The van der Waals surface area contributed by atoms with Gasteiger partial charge in [-0.05, 0) is 24.3 Å². The molecule has 1 aromatic rings. The first-order valence-electron chi connectivity index (χ1n) is 4.09. The van der Waals surface area contributed by atoms with E-state index < -0.39 is 9.05 Å². The molecule has 3 nitrogen and oxygen atoms in total. The first-order valence-corrected chi connectivity index (χ1v) is 6.95. The second kappa shape index (κ2) is 4.96. The van der Waals surface area contributed by atoms with Gasteiger partial charge in [0.1, 0.15) is 0 Å². The number of Topliss-reactive ketones (excluding diaryl/α,β-unsaturated/α-hetero) is 1. The molecule has 1 rings (SSSR count). The Bertz CT molecular complexity index is 451. The fourth-order valence-electron chi connectivity index (χ4n) is 0.995. The molecule has 82 valence electrons.